The van der Waals surface area contributed by atoms with Crippen molar-refractivity contribution in [3.63, 3.8) is 0 Å². The first-order valence-corrected chi connectivity index (χ1v) is 10.2. The number of hydrogen-bond acceptors (Lipinski definition) is 5. The molecule has 2 heterocycles. The van der Waals surface area contributed by atoms with Crippen LogP contribution in [0.5, 0.6) is 0 Å². The molecule has 2 aromatic rings. The molecule has 0 unspecified atom stereocenters. The average molecular weight is 402 g/mol. The number of likely N-dealkylation sites (N-methyl/N-ethyl adjacent to an activating group) is 1. The summed E-state index contributed by atoms with van der Waals surface area (Å²) in [6, 6.07) is 20.1. The zero-order chi connectivity index (χ0) is 21.1. The molecule has 30 heavy (non-hydrogen) atoms. The molecule has 0 saturated heterocycles. The number of carbonyl (C=O) groups excluding carboxylic acids is 1. The highest BCUT2D eigenvalue weighted by Gasteiger charge is 2.40. The number of ether oxygens (including phenoxy) is 2. The molecule has 154 valence electrons. The third-order valence-corrected chi connectivity index (χ3v) is 5.35. The minimum Gasteiger partial charge on any atom is -0.462 e. The van der Waals surface area contributed by atoms with Crippen molar-refractivity contribution in [2.75, 3.05) is 26.7 Å². The summed E-state index contributed by atoms with van der Waals surface area (Å²) >= 11 is 0. The number of esters is 1. The summed E-state index contributed by atoms with van der Waals surface area (Å²) in [6.45, 7) is 3.48. The lowest BCUT2D eigenvalue weighted by Gasteiger charge is -2.37. The predicted molar refractivity (Wildman–Crippen MR) is 117 cm³/mol. The lowest BCUT2D eigenvalue weighted by molar-refractivity contribution is -0.139. The zero-order valence-corrected chi connectivity index (χ0v) is 17.3. The van der Waals surface area contributed by atoms with Gasteiger partial charge in [-0.25, -0.2) is 4.79 Å². The van der Waals surface area contributed by atoms with Gasteiger partial charge in [0.1, 0.15) is 11.3 Å². The van der Waals surface area contributed by atoms with Gasteiger partial charge in [-0.1, -0.05) is 60.7 Å². The smallest absolute Gasteiger partial charge is 0.340 e. The molecule has 1 atom stereocenters. The van der Waals surface area contributed by atoms with Crippen molar-refractivity contribution in [3.8, 4) is 0 Å². The molecule has 4 rings (SSSR count). The normalized spacial score (nSPS) is 20.7. The molecule has 0 spiro atoms. The molecule has 2 aromatic carbocycles. The topological polar surface area (TPSA) is 64.8 Å². The van der Waals surface area contributed by atoms with E-state index in [9.17, 15) is 4.79 Å². The minimum atomic E-state index is -0.433. The van der Waals surface area contributed by atoms with Crippen LogP contribution in [0.1, 0.15) is 24.0 Å². The highest BCUT2D eigenvalue weighted by molar-refractivity contribution is 5.92. The second-order valence-electron chi connectivity index (χ2n) is 7.55. The van der Waals surface area contributed by atoms with Gasteiger partial charge in [0.2, 0.25) is 5.88 Å². The molecule has 0 saturated carbocycles. The van der Waals surface area contributed by atoms with Crippen molar-refractivity contribution in [1.29, 1.82) is 0 Å². The minimum absolute atomic E-state index is 0.115. The van der Waals surface area contributed by atoms with Crippen LogP contribution in [0.3, 0.4) is 0 Å². The summed E-state index contributed by atoms with van der Waals surface area (Å²) < 4.78 is 11.4. The molecule has 5 heteroatoms. The summed E-state index contributed by atoms with van der Waals surface area (Å²) in [5, 5.41) is 0. The van der Waals surface area contributed by atoms with Crippen molar-refractivity contribution in [1.82, 2.24) is 4.90 Å². The van der Waals surface area contributed by atoms with Crippen molar-refractivity contribution in [2.24, 2.45) is 5.73 Å². The highest BCUT2D eigenvalue weighted by Crippen LogP contribution is 2.44. The van der Waals surface area contributed by atoms with E-state index in [4.69, 9.17) is 15.2 Å². The van der Waals surface area contributed by atoms with E-state index in [2.05, 4.69) is 30.2 Å². The molecular weight excluding hydrogens is 376 g/mol. The molecule has 0 amide bonds. The lowest BCUT2D eigenvalue weighted by Crippen LogP contribution is -2.37. The molecule has 0 bridgehead atoms. The monoisotopic (exact) mass is 402 g/mol. The Bertz CT molecular complexity index is 1020. The van der Waals surface area contributed by atoms with Crippen molar-refractivity contribution in [3.05, 3.63) is 100 Å². The molecule has 5 nitrogen and oxygen atoms in total. The number of benzene rings is 2. The summed E-state index contributed by atoms with van der Waals surface area (Å²) in [4.78, 5) is 15.0. The molecular formula is C25H26N2O3. The lowest BCUT2D eigenvalue weighted by atomic mass is 9.80. The van der Waals surface area contributed by atoms with Gasteiger partial charge in [-0.3, -0.25) is 4.90 Å². The Morgan fingerprint density at radius 1 is 1.13 bits per heavy atom. The Morgan fingerprint density at radius 2 is 1.80 bits per heavy atom. The fourth-order valence-electron chi connectivity index (χ4n) is 4.12. The summed E-state index contributed by atoms with van der Waals surface area (Å²) in [7, 11) is 2.07. The Balaban J connectivity index is 1.86. The standard InChI is InChI=1S/C25H26N2O3/c1-3-29-25(28)22-21(18-12-8-5-9-13-18)20-16-27(2)15-19(23(20)30-24(22)26)14-17-10-6-4-7-11-17/h4-14,21H,3,15-16,26H2,1-2H3/b19-14+/t21-/m1/s1. The third kappa shape index (κ3) is 3.89. The van der Waals surface area contributed by atoms with E-state index in [-0.39, 0.29) is 18.4 Å². The van der Waals surface area contributed by atoms with Gasteiger partial charge in [0.25, 0.3) is 0 Å². The predicted octanol–water partition coefficient (Wildman–Crippen LogP) is 3.82. The Morgan fingerprint density at radius 3 is 2.47 bits per heavy atom. The van der Waals surface area contributed by atoms with Crippen LogP contribution in [-0.4, -0.2) is 37.6 Å². The number of nitrogens with zero attached hydrogens (tertiary/aromatic N) is 1. The first-order chi connectivity index (χ1) is 14.6. The largest absolute Gasteiger partial charge is 0.462 e. The molecule has 0 aromatic heterocycles. The van der Waals surface area contributed by atoms with Gasteiger partial charge >= 0.3 is 5.97 Å². The molecule has 2 aliphatic heterocycles. The summed E-state index contributed by atoms with van der Waals surface area (Å²) in [5.41, 5.74) is 10.8. The van der Waals surface area contributed by atoms with E-state index in [1.54, 1.807) is 6.92 Å². The number of carbonyl (C=O) groups is 1. The van der Waals surface area contributed by atoms with Crippen molar-refractivity contribution in [2.45, 2.75) is 12.8 Å². The van der Waals surface area contributed by atoms with Gasteiger partial charge in [0.15, 0.2) is 0 Å². The molecule has 2 N–H and O–H groups in total. The van der Waals surface area contributed by atoms with Gasteiger partial charge in [-0.15, -0.1) is 0 Å². The van der Waals surface area contributed by atoms with Crippen LogP contribution in [0.15, 0.2) is 89.0 Å². The fraction of sp³-hybridized carbons (Fsp3) is 0.240. The van der Waals surface area contributed by atoms with Crippen LogP contribution in [0.25, 0.3) is 6.08 Å². The second kappa shape index (κ2) is 8.59. The van der Waals surface area contributed by atoms with E-state index < -0.39 is 5.97 Å². The van der Waals surface area contributed by atoms with Crippen molar-refractivity contribution >= 4 is 12.0 Å². The van der Waals surface area contributed by atoms with Crippen LogP contribution >= 0.6 is 0 Å². The third-order valence-electron chi connectivity index (χ3n) is 5.35. The van der Waals surface area contributed by atoms with Gasteiger partial charge in [0, 0.05) is 24.6 Å². The van der Waals surface area contributed by atoms with Gasteiger partial charge < -0.3 is 15.2 Å². The summed E-state index contributed by atoms with van der Waals surface area (Å²) in [5.74, 6) is 0.133. The maximum absolute atomic E-state index is 12.8. The van der Waals surface area contributed by atoms with Gasteiger partial charge in [0.05, 0.1) is 6.61 Å². The fourth-order valence-corrected chi connectivity index (χ4v) is 4.12. The SMILES string of the molecule is CCOC(=O)C1=C(N)OC2=C(CN(C)C/C2=C\c2ccccc2)[C@H]1c1ccccc1. The van der Waals surface area contributed by atoms with Crippen molar-refractivity contribution < 1.29 is 14.3 Å². The second-order valence-corrected chi connectivity index (χ2v) is 7.55. The van der Waals surface area contributed by atoms with Crippen LogP contribution in [0.2, 0.25) is 0 Å². The molecule has 0 fully saturated rings. The highest BCUT2D eigenvalue weighted by atomic mass is 16.5. The van der Waals surface area contributed by atoms with E-state index in [1.807, 2.05) is 48.5 Å². The summed E-state index contributed by atoms with van der Waals surface area (Å²) in [6.07, 6.45) is 2.12. The van der Waals surface area contributed by atoms with Crippen LogP contribution in [0, 0.1) is 0 Å². The van der Waals surface area contributed by atoms with E-state index in [1.165, 1.54) is 0 Å². The number of rotatable bonds is 4. The average Bonchev–Trinajstić information content (AvgIpc) is 2.75. The van der Waals surface area contributed by atoms with E-state index in [0.717, 1.165) is 34.6 Å². The Hall–Kier alpha value is -3.31. The van der Waals surface area contributed by atoms with Crippen LogP contribution < -0.4 is 5.73 Å². The maximum atomic E-state index is 12.8. The molecule has 0 radical (unpaired) electrons. The van der Waals surface area contributed by atoms with Crippen LogP contribution in [-0.2, 0) is 14.3 Å². The first kappa shape index (κ1) is 20.0. The number of nitrogens with two attached hydrogens (primary N) is 1. The van der Waals surface area contributed by atoms with Gasteiger partial charge in [-0.05, 0) is 36.7 Å². The van der Waals surface area contributed by atoms with E-state index in [0.29, 0.717) is 12.1 Å². The van der Waals surface area contributed by atoms with Crippen LogP contribution in [0.4, 0.5) is 0 Å². The first-order valence-electron chi connectivity index (χ1n) is 10.2. The quantitative estimate of drug-likeness (QED) is 0.788. The number of hydrogen-bond donors (Lipinski definition) is 1. The van der Waals surface area contributed by atoms with Gasteiger partial charge in [-0.2, -0.15) is 0 Å². The molecule has 0 aliphatic carbocycles. The Kier molecular flexibility index (Phi) is 5.72. The van der Waals surface area contributed by atoms with E-state index >= 15 is 0 Å². The Labute approximate surface area is 177 Å². The molecule has 2 aliphatic rings. The maximum Gasteiger partial charge on any atom is 0.340 e. The zero-order valence-electron chi connectivity index (χ0n) is 17.3.